The van der Waals surface area contributed by atoms with Gasteiger partial charge in [0.05, 0.1) is 4.47 Å². The molecule has 0 bridgehead atoms. The van der Waals surface area contributed by atoms with Crippen molar-refractivity contribution in [2.24, 2.45) is 0 Å². The summed E-state index contributed by atoms with van der Waals surface area (Å²) in [5.74, 6) is -0.242. The van der Waals surface area contributed by atoms with E-state index in [-0.39, 0.29) is 5.82 Å². The SMILES string of the molecule is Fc1cc(Br)cc(CBr)c1Br. The summed E-state index contributed by atoms with van der Waals surface area (Å²) in [6.07, 6.45) is 0. The van der Waals surface area contributed by atoms with E-state index in [1.165, 1.54) is 6.07 Å². The lowest BCUT2D eigenvalue weighted by atomic mass is 10.2. The zero-order valence-electron chi connectivity index (χ0n) is 5.37. The highest BCUT2D eigenvalue weighted by atomic mass is 79.9. The average molecular weight is 347 g/mol. The molecule has 0 saturated carbocycles. The van der Waals surface area contributed by atoms with E-state index >= 15 is 0 Å². The monoisotopic (exact) mass is 344 g/mol. The Bertz CT molecular complexity index is 273. The van der Waals surface area contributed by atoms with Gasteiger partial charge in [-0.2, -0.15) is 0 Å². The van der Waals surface area contributed by atoms with E-state index in [0.717, 1.165) is 10.0 Å². The molecule has 0 radical (unpaired) electrons. The van der Waals surface area contributed by atoms with E-state index in [4.69, 9.17) is 0 Å². The highest BCUT2D eigenvalue weighted by Gasteiger charge is 2.05. The van der Waals surface area contributed by atoms with Crippen LogP contribution in [0.1, 0.15) is 5.56 Å². The van der Waals surface area contributed by atoms with Crippen molar-refractivity contribution in [2.45, 2.75) is 5.33 Å². The van der Waals surface area contributed by atoms with Crippen LogP contribution < -0.4 is 0 Å². The number of rotatable bonds is 1. The maximum Gasteiger partial charge on any atom is 0.138 e. The maximum atomic E-state index is 12.9. The second-order valence-corrected chi connectivity index (χ2v) is 4.26. The molecule has 0 heterocycles. The molecule has 1 rings (SSSR count). The third-order valence-electron chi connectivity index (χ3n) is 1.21. The van der Waals surface area contributed by atoms with Gasteiger partial charge in [-0.3, -0.25) is 0 Å². The lowest BCUT2D eigenvalue weighted by Crippen LogP contribution is -1.85. The second kappa shape index (κ2) is 4.01. The fourth-order valence-electron chi connectivity index (χ4n) is 0.707. The van der Waals surface area contributed by atoms with Crippen molar-refractivity contribution in [2.75, 3.05) is 0 Å². The number of halogens is 4. The van der Waals surface area contributed by atoms with Crippen LogP contribution in [0.15, 0.2) is 21.1 Å². The Morgan fingerprint density at radius 1 is 1.27 bits per heavy atom. The summed E-state index contributed by atoms with van der Waals surface area (Å²) >= 11 is 9.61. The van der Waals surface area contributed by atoms with Crippen LogP contribution in [0.5, 0.6) is 0 Å². The highest BCUT2D eigenvalue weighted by Crippen LogP contribution is 2.26. The van der Waals surface area contributed by atoms with Gasteiger partial charge in [0, 0.05) is 9.80 Å². The normalized spacial score (nSPS) is 10.2. The Kier molecular flexibility index (Phi) is 3.52. The topological polar surface area (TPSA) is 0 Å². The van der Waals surface area contributed by atoms with Crippen LogP contribution in [0.4, 0.5) is 4.39 Å². The molecule has 0 aromatic heterocycles. The van der Waals surface area contributed by atoms with Gasteiger partial charge < -0.3 is 0 Å². The largest absolute Gasteiger partial charge is 0.206 e. The summed E-state index contributed by atoms with van der Waals surface area (Å²) in [7, 11) is 0. The van der Waals surface area contributed by atoms with E-state index in [9.17, 15) is 4.39 Å². The molecule has 0 spiro atoms. The standard InChI is InChI=1S/C7H4Br3F/c8-3-4-1-5(9)2-6(11)7(4)10/h1-2H,3H2. The molecule has 0 fully saturated rings. The zero-order valence-corrected chi connectivity index (χ0v) is 10.1. The third kappa shape index (κ3) is 2.26. The molecule has 0 saturated heterocycles. The van der Waals surface area contributed by atoms with Crippen molar-refractivity contribution in [3.05, 3.63) is 32.5 Å². The van der Waals surface area contributed by atoms with Gasteiger partial charge in [-0.05, 0) is 33.6 Å². The van der Waals surface area contributed by atoms with Crippen LogP contribution in [-0.4, -0.2) is 0 Å². The van der Waals surface area contributed by atoms with Gasteiger partial charge in [-0.15, -0.1) is 0 Å². The van der Waals surface area contributed by atoms with E-state index in [1.54, 1.807) is 0 Å². The van der Waals surface area contributed by atoms with Gasteiger partial charge in [-0.1, -0.05) is 31.9 Å². The molecule has 1 aromatic carbocycles. The molecule has 1 aromatic rings. The maximum absolute atomic E-state index is 12.9. The molecule has 4 heteroatoms. The molecule has 0 amide bonds. The third-order valence-corrected chi connectivity index (χ3v) is 3.16. The number of hydrogen-bond donors (Lipinski definition) is 0. The van der Waals surface area contributed by atoms with E-state index in [2.05, 4.69) is 47.8 Å². The summed E-state index contributed by atoms with van der Waals surface area (Å²) in [5.41, 5.74) is 0.900. The summed E-state index contributed by atoms with van der Waals surface area (Å²) in [6.45, 7) is 0. The van der Waals surface area contributed by atoms with Crippen LogP contribution in [-0.2, 0) is 5.33 Å². The lowest BCUT2D eigenvalue weighted by molar-refractivity contribution is 0.618. The second-order valence-electron chi connectivity index (χ2n) is 1.99. The first kappa shape index (κ1) is 9.68. The Labute approximate surface area is 89.6 Å². The molecule has 0 unspecified atom stereocenters. The molecule has 60 valence electrons. The van der Waals surface area contributed by atoms with Gasteiger partial charge in [-0.25, -0.2) is 4.39 Å². The molecule has 0 atom stereocenters. The molecule has 0 nitrogen and oxygen atoms in total. The van der Waals surface area contributed by atoms with Crippen molar-refractivity contribution in [1.82, 2.24) is 0 Å². The van der Waals surface area contributed by atoms with Crippen molar-refractivity contribution in [3.8, 4) is 0 Å². The van der Waals surface area contributed by atoms with Crippen LogP contribution >= 0.6 is 47.8 Å². The Hall–Kier alpha value is 0.590. The molecule has 11 heavy (non-hydrogen) atoms. The van der Waals surface area contributed by atoms with E-state index < -0.39 is 0 Å². The smallest absolute Gasteiger partial charge is 0.138 e. The first-order chi connectivity index (χ1) is 5.15. The van der Waals surface area contributed by atoms with Gasteiger partial charge in [0.15, 0.2) is 0 Å². The first-order valence-corrected chi connectivity index (χ1v) is 5.55. The number of benzene rings is 1. The molecular weight excluding hydrogens is 343 g/mol. The molecule has 0 aliphatic heterocycles. The molecule has 0 aliphatic rings. The van der Waals surface area contributed by atoms with Crippen LogP contribution in [0.2, 0.25) is 0 Å². The van der Waals surface area contributed by atoms with Crippen LogP contribution in [0.25, 0.3) is 0 Å². The quantitative estimate of drug-likeness (QED) is 0.527. The predicted molar refractivity (Wildman–Crippen MR) is 54.4 cm³/mol. The van der Waals surface area contributed by atoms with Crippen molar-refractivity contribution in [3.63, 3.8) is 0 Å². The van der Waals surface area contributed by atoms with E-state index in [1.807, 2.05) is 6.07 Å². The Morgan fingerprint density at radius 3 is 2.45 bits per heavy atom. The van der Waals surface area contributed by atoms with Crippen LogP contribution in [0.3, 0.4) is 0 Å². The van der Waals surface area contributed by atoms with Crippen molar-refractivity contribution in [1.29, 1.82) is 0 Å². The molecule has 0 N–H and O–H groups in total. The summed E-state index contributed by atoms with van der Waals surface area (Å²) in [4.78, 5) is 0. The fraction of sp³-hybridized carbons (Fsp3) is 0.143. The fourth-order valence-corrected chi connectivity index (χ4v) is 2.37. The van der Waals surface area contributed by atoms with Gasteiger partial charge in [0.2, 0.25) is 0 Å². The van der Waals surface area contributed by atoms with Crippen LogP contribution in [0, 0.1) is 5.82 Å². The number of alkyl halides is 1. The van der Waals surface area contributed by atoms with Gasteiger partial charge >= 0.3 is 0 Å². The summed E-state index contributed by atoms with van der Waals surface area (Å²) < 4.78 is 14.2. The average Bonchev–Trinajstić information content (AvgIpc) is 1.96. The van der Waals surface area contributed by atoms with E-state index in [0.29, 0.717) is 9.80 Å². The van der Waals surface area contributed by atoms with Crippen molar-refractivity contribution >= 4 is 47.8 Å². The summed E-state index contributed by atoms with van der Waals surface area (Å²) in [6, 6.07) is 3.29. The Morgan fingerprint density at radius 2 is 1.91 bits per heavy atom. The molecular formula is C7H4Br3F. The molecule has 0 aliphatic carbocycles. The lowest BCUT2D eigenvalue weighted by Gasteiger charge is -2.01. The minimum absolute atomic E-state index is 0.242. The summed E-state index contributed by atoms with van der Waals surface area (Å²) in [5, 5.41) is 0.643. The first-order valence-electron chi connectivity index (χ1n) is 2.84. The van der Waals surface area contributed by atoms with Gasteiger partial charge in [0.1, 0.15) is 5.82 Å². The minimum Gasteiger partial charge on any atom is -0.206 e. The van der Waals surface area contributed by atoms with Crippen molar-refractivity contribution < 1.29 is 4.39 Å². The van der Waals surface area contributed by atoms with Gasteiger partial charge in [0.25, 0.3) is 0 Å². The minimum atomic E-state index is -0.242. The predicted octanol–water partition coefficient (Wildman–Crippen LogP) is 4.25. The zero-order chi connectivity index (χ0) is 8.43. The number of hydrogen-bond acceptors (Lipinski definition) is 0. The highest BCUT2D eigenvalue weighted by molar-refractivity contribution is 9.11. The Balaban J connectivity index is 3.24.